The molecule has 1 aliphatic rings. The molecule has 1 aliphatic heterocycles. The molecule has 0 unspecified atom stereocenters. The molecule has 0 fully saturated rings. The highest BCUT2D eigenvalue weighted by atomic mass is 16.7. The Labute approximate surface area is 205 Å². The third-order valence-corrected chi connectivity index (χ3v) is 5.51. The van der Waals surface area contributed by atoms with Crippen LogP contribution in [0.1, 0.15) is 21.5 Å². The number of benzene rings is 3. The first kappa shape index (κ1) is 23.0. The second kappa shape index (κ2) is 9.83. The topological polar surface area (TPSA) is 113 Å². The lowest BCUT2D eigenvalue weighted by molar-refractivity contribution is -0.119. The molecule has 4 aromatic rings. The van der Waals surface area contributed by atoms with Crippen molar-refractivity contribution < 1.29 is 33.0 Å². The van der Waals surface area contributed by atoms with Crippen LogP contribution in [-0.2, 0) is 16.1 Å². The Bertz CT molecular complexity index is 1510. The smallest absolute Gasteiger partial charge is 0.338 e. The van der Waals surface area contributed by atoms with Crippen molar-refractivity contribution in [3.63, 3.8) is 0 Å². The fourth-order valence-electron chi connectivity index (χ4n) is 3.68. The standard InChI is InChI=1S/C27H21NO8/c1-16-10-26(30)36-23-12-20(7-8-21(16)23)32-13-17-2-4-18(5-3-17)27(31)33-14-25(29)28-19-6-9-22-24(11-19)35-15-34-22/h2-12H,13-15H2,1H3,(H,28,29). The Hall–Kier alpha value is -4.79. The van der Waals surface area contributed by atoms with Crippen LogP contribution in [0.4, 0.5) is 5.69 Å². The summed E-state index contributed by atoms with van der Waals surface area (Å²) in [7, 11) is 0. The number of hydrogen-bond acceptors (Lipinski definition) is 8. The number of aryl methyl sites for hydroxylation is 1. The maximum absolute atomic E-state index is 12.3. The first-order valence-electron chi connectivity index (χ1n) is 11.1. The van der Waals surface area contributed by atoms with E-state index in [4.69, 9.17) is 23.4 Å². The van der Waals surface area contributed by atoms with Crippen molar-refractivity contribution in [2.24, 2.45) is 0 Å². The van der Waals surface area contributed by atoms with Crippen LogP contribution in [0.2, 0.25) is 0 Å². The Kier molecular flexibility index (Phi) is 6.27. The number of esters is 1. The number of carbonyl (C=O) groups is 2. The molecule has 9 heteroatoms. The summed E-state index contributed by atoms with van der Waals surface area (Å²) < 4.78 is 26.6. The van der Waals surface area contributed by atoms with Gasteiger partial charge in [-0.25, -0.2) is 9.59 Å². The minimum absolute atomic E-state index is 0.137. The third-order valence-electron chi connectivity index (χ3n) is 5.51. The second-order valence-corrected chi connectivity index (χ2v) is 8.08. The van der Waals surface area contributed by atoms with Gasteiger partial charge in [-0.1, -0.05) is 12.1 Å². The van der Waals surface area contributed by atoms with Crippen molar-refractivity contribution in [2.45, 2.75) is 13.5 Å². The number of ether oxygens (including phenoxy) is 4. The lowest BCUT2D eigenvalue weighted by Gasteiger charge is -2.09. The monoisotopic (exact) mass is 487 g/mol. The molecule has 3 aromatic carbocycles. The number of anilines is 1. The summed E-state index contributed by atoms with van der Waals surface area (Å²) in [6.07, 6.45) is 0. The maximum atomic E-state index is 12.3. The fraction of sp³-hybridized carbons (Fsp3) is 0.148. The van der Waals surface area contributed by atoms with Gasteiger partial charge in [0.2, 0.25) is 6.79 Å². The predicted molar refractivity (Wildman–Crippen MR) is 129 cm³/mol. The van der Waals surface area contributed by atoms with Crippen LogP contribution in [0, 0.1) is 6.92 Å². The molecule has 1 aromatic heterocycles. The SMILES string of the molecule is Cc1cc(=O)oc2cc(OCc3ccc(C(=O)OCC(=O)Nc4ccc5c(c4)OCO5)cc3)ccc12. The summed E-state index contributed by atoms with van der Waals surface area (Å²) in [6, 6.07) is 18.4. The summed E-state index contributed by atoms with van der Waals surface area (Å²) in [5.74, 6) is 0.593. The lowest BCUT2D eigenvalue weighted by Crippen LogP contribution is -2.20. The first-order valence-corrected chi connectivity index (χ1v) is 11.1. The van der Waals surface area contributed by atoms with Gasteiger partial charge in [-0.2, -0.15) is 0 Å². The predicted octanol–water partition coefficient (Wildman–Crippen LogP) is 4.20. The molecule has 0 saturated heterocycles. The average Bonchev–Trinajstić information content (AvgIpc) is 3.34. The van der Waals surface area contributed by atoms with Crippen molar-refractivity contribution in [1.82, 2.24) is 0 Å². The number of fused-ring (bicyclic) bond motifs is 2. The summed E-state index contributed by atoms with van der Waals surface area (Å²) in [4.78, 5) is 36.1. The van der Waals surface area contributed by atoms with Crippen LogP contribution in [0.5, 0.6) is 17.2 Å². The number of nitrogens with one attached hydrogen (secondary N) is 1. The van der Waals surface area contributed by atoms with Gasteiger partial charge < -0.3 is 28.7 Å². The van der Waals surface area contributed by atoms with Gasteiger partial charge in [-0.15, -0.1) is 0 Å². The Morgan fingerprint density at radius 1 is 0.944 bits per heavy atom. The molecule has 5 rings (SSSR count). The summed E-state index contributed by atoms with van der Waals surface area (Å²) in [5.41, 5.74) is 2.51. The van der Waals surface area contributed by atoms with E-state index in [1.54, 1.807) is 54.6 Å². The summed E-state index contributed by atoms with van der Waals surface area (Å²) in [5, 5.41) is 3.49. The quantitative estimate of drug-likeness (QED) is 0.305. The van der Waals surface area contributed by atoms with E-state index in [1.165, 1.54) is 6.07 Å². The molecule has 0 bridgehead atoms. The van der Waals surface area contributed by atoms with Gasteiger partial charge in [0.05, 0.1) is 5.56 Å². The first-order chi connectivity index (χ1) is 17.4. The van der Waals surface area contributed by atoms with Crippen molar-refractivity contribution in [2.75, 3.05) is 18.7 Å². The summed E-state index contributed by atoms with van der Waals surface area (Å²) >= 11 is 0. The molecule has 1 amide bonds. The van der Waals surface area contributed by atoms with Crippen molar-refractivity contribution in [3.05, 3.63) is 93.8 Å². The van der Waals surface area contributed by atoms with E-state index < -0.39 is 24.1 Å². The molecule has 36 heavy (non-hydrogen) atoms. The zero-order chi connectivity index (χ0) is 25.1. The lowest BCUT2D eigenvalue weighted by atomic mass is 10.1. The van der Waals surface area contributed by atoms with Gasteiger partial charge in [0.25, 0.3) is 5.91 Å². The molecular weight excluding hydrogens is 466 g/mol. The van der Waals surface area contributed by atoms with Crippen LogP contribution in [0.3, 0.4) is 0 Å². The number of carbonyl (C=O) groups excluding carboxylic acids is 2. The third kappa shape index (κ3) is 5.15. The fourth-order valence-corrected chi connectivity index (χ4v) is 3.68. The van der Waals surface area contributed by atoms with E-state index in [9.17, 15) is 14.4 Å². The van der Waals surface area contributed by atoms with E-state index in [0.29, 0.717) is 34.1 Å². The molecule has 0 saturated carbocycles. The normalized spacial score (nSPS) is 11.8. The van der Waals surface area contributed by atoms with Crippen LogP contribution >= 0.6 is 0 Å². The van der Waals surface area contributed by atoms with Gasteiger partial charge >= 0.3 is 11.6 Å². The zero-order valence-corrected chi connectivity index (χ0v) is 19.2. The van der Waals surface area contributed by atoms with Crippen molar-refractivity contribution in [1.29, 1.82) is 0 Å². The molecule has 9 nitrogen and oxygen atoms in total. The molecular formula is C27H21NO8. The second-order valence-electron chi connectivity index (χ2n) is 8.08. The van der Waals surface area contributed by atoms with Crippen molar-refractivity contribution >= 4 is 28.5 Å². The Morgan fingerprint density at radius 2 is 1.75 bits per heavy atom. The maximum Gasteiger partial charge on any atom is 0.338 e. The highest BCUT2D eigenvalue weighted by Gasteiger charge is 2.15. The Morgan fingerprint density at radius 3 is 2.58 bits per heavy atom. The van der Waals surface area contributed by atoms with Gasteiger partial charge in [-0.3, -0.25) is 4.79 Å². The zero-order valence-electron chi connectivity index (χ0n) is 19.2. The van der Waals surface area contributed by atoms with E-state index >= 15 is 0 Å². The molecule has 182 valence electrons. The van der Waals surface area contributed by atoms with Crippen LogP contribution in [0.15, 0.2) is 75.9 Å². The van der Waals surface area contributed by atoms with Gasteiger partial charge in [0.1, 0.15) is 17.9 Å². The van der Waals surface area contributed by atoms with E-state index in [-0.39, 0.29) is 13.4 Å². The highest BCUT2D eigenvalue weighted by Crippen LogP contribution is 2.34. The average molecular weight is 487 g/mol. The minimum atomic E-state index is -0.622. The number of rotatable bonds is 7. The van der Waals surface area contributed by atoms with Crippen LogP contribution < -0.4 is 25.2 Å². The van der Waals surface area contributed by atoms with E-state index in [0.717, 1.165) is 16.5 Å². The summed E-state index contributed by atoms with van der Waals surface area (Å²) in [6.45, 7) is 1.79. The van der Waals surface area contributed by atoms with Gasteiger partial charge in [0, 0.05) is 29.3 Å². The van der Waals surface area contributed by atoms with Gasteiger partial charge in [-0.05, 0) is 54.4 Å². The van der Waals surface area contributed by atoms with Crippen molar-refractivity contribution in [3.8, 4) is 17.2 Å². The van der Waals surface area contributed by atoms with Gasteiger partial charge in [0.15, 0.2) is 18.1 Å². The van der Waals surface area contributed by atoms with Crippen LogP contribution in [-0.4, -0.2) is 25.3 Å². The Balaban J connectivity index is 1.12. The van der Waals surface area contributed by atoms with Crippen LogP contribution in [0.25, 0.3) is 11.0 Å². The molecule has 1 N–H and O–H groups in total. The molecule has 0 aliphatic carbocycles. The number of amides is 1. The largest absolute Gasteiger partial charge is 0.489 e. The highest BCUT2D eigenvalue weighted by molar-refractivity contribution is 5.95. The molecule has 0 radical (unpaired) electrons. The molecule has 2 heterocycles. The number of hydrogen-bond donors (Lipinski definition) is 1. The minimum Gasteiger partial charge on any atom is -0.489 e. The molecule has 0 spiro atoms. The van der Waals surface area contributed by atoms with E-state index in [2.05, 4.69) is 5.32 Å². The molecule has 0 atom stereocenters. The van der Waals surface area contributed by atoms with E-state index in [1.807, 2.05) is 13.0 Å².